The van der Waals surface area contributed by atoms with Crippen molar-refractivity contribution < 1.29 is 39.8 Å². The highest BCUT2D eigenvalue weighted by atomic mass is 16.7. The van der Waals surface area contributed by atoms with Crippen molar-refractivity contribution in [3.8, 4) is 0 Å². The number of carbonyl (C=O) groups is 1. The average molecular weight is 1010 g/mol. The first-order valence-corrected chi connectivity index (χ1v) is 31.1. The molecule has 7 atom stereocenters. The molecule has 7 unspecified atom stereocenters. The van der Waals surface area contributed by atoms with Gasteiger partial charge in [0.2, 0.25) is 5.91 Å². The van der Waals surface area contributed by atoms with Crippen LogP contribution in [0.25, 0.3) is 0 Å². The molecule has 9 heteroatoms. The third kappa shape index (κ3) is 41.6. The summed E-state index contributed by atoms with van der Waals surface area (Å²) in [6.07, 6.45) is 60.1. The highest BCUT2D eigenvalue weighted by Crippen LogP contribution is 2.23. The van der Waals surface area contributed by atoms with E-state index >= 15 is 0 Å². The summed E-state index contributed by atoms with van der Waals surface area (Å²) in [5.74, 6) is -0.173. The van der Waals surface area contributed by atoms with Crippen LogP contribution in [-0.4, -0.2) is 87.5 Å². The van der Waals surface area contributed by atoms with Gasteiger partial charge in [-0.1, -0.05) is 282 Å². The third-order valence-electron chi connectivity index (χ3n) is 15.0. The topological polar surface area (TPSA) is 149 Å². The van der Waals surface area contributed by atoms with E-state index < -0.39 is 49.5 Å². The van der Waals surface area contributed by atoms with Gasteiger partial charge in [-0.05, 0) is 44.9 Å². The molecular formula is C62H119NO8. The minimum Gasteiger partial charge on any atom is -0.394 e. The van der Waals surface area contributed by atoms with Crippen molar-refractivity contribution in [2.45, 2.75) is 352 Å². The summed E-state index contributed by atoms with van der Waals surface area (Å²) in [5.41, 5.74) is 0. The van der Waals surface area contributed by atoms with Crippen molar-refractivity contribution in [2.75, 3.05) is 13.2 Å². The minimum absolute atomic E-state index is 0.173. The average Bonchev–Trinajstić information content (AvgIpc) is 3.37. The Bertz CT molecular complexity index is 1170. The standard InChI is InChI=1S/C62H119NO8/c1-3-5-7-9-11-13-15-16-17-18-19-20-21-22-23-24-25-26-27-28-29-30-31-32-33-34-35-36-37-38-39-40-42-44-46-48-50-52-58(66)63-55(54-70-62-61(69)60(68)59(67)57(53-64)71-62)56(65)51-49-47-45-43-41-14-12-10-8-6-4-2/h26-27,49,51,55-57,59-62,64-65,67-69H,3-25,28-48,50,52-54H2,1-2H3,(H,63,66)/b27-26-,51-49+. The molecule has 9 nitrogen and oxygen atoms in total. The van der Waals surface area contributed by atoms with E-state index in [9.17, 15) is 30.3 Å². The van der Waals surface area contributed by atoms with Crippen LogP contribution in [0.15, 0.2) is 24.3 Å². The number of aliphatic hydroxyl groups excluding tert-OH is 5. The van der Waals surface area contributed by atoms with Gasteiger partial charge in [-0.3, -0.25) is 4.79 Å². The number of nitrogens with one attached hydrogen (secondary N) is 1. The summed E-state index contributed by atoms with van der Waals surface area (Å²) in [6, 6.07) is -0.801. The molecule has 0 aromatic carbocycles. The lowest BCUT2D eigenvalue weighted by Gasteiger charge is -2.40. The fourth-order valence-corrected chi connectivity index (χ4v) is 10.1. The molecule has 1 aliphatic rings. The number of amides is 1. The molecule has 0 radical (unpaired) electrons. The normalized spacial score (nSPS) is 19.3. The second kappa shape index (κ2) is 52.1. The Morgan fingerprint density at radius 1 is 0.465 bits per heavy atom. The molecule has 1 heterocycles. The van der Waals surface area contributed by atoms with E-state index in [0.717, 1.165) is 38.5 Å². The van der Waals surface area contributed by atoms with Crippen molar-refractivity contribution in [1.29, 1.82) is 0 Å². The van der Waals surface area contributed by atoms with E-state index in [0.29, 0.717) is 6.42 Å². The van der Waals surface area contributed by atoms with Crippen LogP contribution in [-0.2, 0) is 14.3 Å². The largest absolute Gasteiger partial charge is 0.394 e. The van der Waals surface area contributed by atoms with Gasteiger partial charge in [0.25, 0.3) is 0 Å². The fraction of sp³-hybridized carbons (Fsp3) is 0.919. The van der Waals surface area contributed by atoms with Crippen molar-refractivity contribution in [2.24, 2.45) is 0 Å². The highest BCUT2D eigenvalue weighted by Gasteiger charge is 2.44. The van der Waals surface area contributed by atoms with Crippen LogP contribution < -0.4 is 5.32 Å². The van der Waals surface area contributed by atoms with Crippen LogP contribution in [0.2, 0.25) is 0 Å². The molecule has 1 amide bonds. The van der Waals surface area contributed by atoms with Gasteiger partial charge in [-0.25, -0.2) is 0 Å². The Morgan fingerprint density at radius 3 is 1.14 bits per heavy atom. The van der Waals surface area contributed by atoms with Gasteiger partial charge in [0, 0.05) is 6.42 Å². The number of unbranched alkanes of at least 4 members (excludes halogenated alkanes) is 42. The lowest BCUT2D eigenvalue weighted by atomic mass is 9.99. The van der Waals surface area contributed by atoms with Crippen molar-refractivity contribution in [3.63, 3.8) is 0 Å². The molecule has 71 heavy (non-hydrogen) atoms. The number of rotatable bonds is 54. The smallest absolute Gasteiger partial charge is 0.220 e. The molecular weight excluding hydrogens is 887 g/mol. The van der Waals surface area contributed by atoms with Crippen LogP contribution in [0, 0.1) is 0 Å². The summed E-state index contributed by atoms with van der Waals surface area (Å²) >= 11 is 0. The predicted octanol–water partition coefficient (Wildman–Crippen LogP) is 15.7. The van der Waals surface area contributed by atoms with E-state index in [1.807, 2.05) is 6.08 Å². The summed E-state index contributed by atoms with van der Waals surface area (Å²) < 4.78 is 11.2. The lowest BCUT2D eigenvalue weighted by molar-refractivity contribution is -0.302. The molecule has 0 spiro atoms. The predicted molar refractivity (Wildman–Crippen MR) is 300 cm³/mol. The molecule has 0 aromatic heterocycles. The molecule has 420 valence electrons. The molecule has 6 N–H and O–H groups in total. The first-order valence-electron chi connectivity index (χ1n) is 31.1. The number of aliphatic hydroxyl groups is 5. The lowest BCUT2D eigenvalue weighted by Crippen LogP contribution is -2.60. The maximum Gasteiger partial charge on any atom is 0.220 e. The summed E-state index contributed by atoms with van der Waals surface area (Å²) in [7, 11) is 0. The minimum atomic E-state index is -1.56. The maximum atomic E-state index is 13.0. The van der Waals surface area contributed by atoms with Crippen molar-refractivity contribution in [1.82, 2.24) is 5.32 Å². The van der Waals surface area contributed by atoms with Gasteiger partial charge in [0.15, 0.2) is 6.29 Å². The van der Waals surface area contributed by atoms with Crippen LogP contribution in [0.1, 0.15) is 309 Å². The van der Waals surface area contributed by atoms with Gasteiger partial charge in [0.1, 0.15) is 24.4 Å². The molecule has 1 saturated heterocycles. The van der Waals surface area contributed by atoms with E-state index in [2.05, 4.69) is 31.3 Å². The van der Waals surface area contributed by atoms with E-state index in [1.54, 1.807) is 6.08 Å². The summed E-state index contributed by atoms with van der Waals surface area (Å²) in [4.78, 5) is 13.0. The number of ether oxygens (including phenoxy) is 2. The number of allylic oxidation sites excluding steroid dienone is 3. The summed E-state index contributed by atoms with van der Waals surface area (Å²) in [5, 5.41) is 54.3. The summed E-state index contributed by atoms with van der Waals surface area (Å²) in [6.45, 7) is 3.79. The Kier molecular flexibility index (Phi) is 49.7. The van der Waals surface area contributed by atoms with Crippen LogP contribution in [0.5, 0.6) is 0 Å². The molecule has 1 fully saturated rings. The van der Waals surface area contributed by atoms with Crippen molar-refractivity contribution >= 4 is 5.91 Å². The zero-order valence-corrected chi connectivity index (χ0v) is 46.8. The van der Waals surface area contributed by atoms with Crippen LogP contribution in [0.4, 0.5) is 0 Å². The highest BCUT2D eigenvalue weighted by molar-refractivity contribution is 5.76. The van der Waals surface area contributed by atoms with E-state index in [1.165, 1.54) is 250 Å². The zero-order valence-electron chi connectivity index (χ0n) is 46.8. The number of hydrogen-bond donors (Lipinski definition) is 6. The van der Waals surface area contributed by atoms with Gasteiger partial charge >= 0.3 is 0 Å². The molecule has 1 rings (SSSR count). The quantitative estimate of drug-likeness (QED) is 0.0261. The second-order valence-corrected chi connectivity index (χ2v) is 21.9. The SMILES string of the molecule is CCCCCCCCCCC/C=C/C(O)C(COC1OC(CO)C(O)C(O)C1O)NC(=O)CCCCCCCCCCCCCCCCCCC/C=C\CCCCCCCCCCCCCCCCCC. The molecule has 0 aliphatic carbocycles. The van der Waals surface area contributed by atoms with E-state index in [4.69, 9.17) is 9.47 Å². The first kappa shape index (κ1) is 67.7. The Hall–Kier alpha value is -1.33. The Labute approximate surface area is 439 Å². The molecule has 0 saturated carbocycles. The molecule has 0 aromatic rings. The second-order valence-electron chi connectivity index (χ2n) is 21.9. The Balaban J connectivity index is 2.03. The van der Waals surface area contributed by atoms with Gasteiger partial charge < -0.3 is 40.3 Å². The maximum absolute atomic E-state index is 13.0. The first-order chi connectivity index (χ1) is 34.8. The van der Waals surface area contributed by atoms with Gasteiger partial charge in [-0.2, -0.15) is 0 Å². The van der Waals surface area contributed by atoms with Gasteiger partial charge in [-0.15, -0.1) is 0 Å². The third-order valence-corrected chi connectivity index (χ3v) is 15.0. The van der Waals surface area contributed by atoms with Crippen LogP contribution in [0.3, 0.4) is 0 Å². The number of hydrogen-bond acceptors (Lipinski definition) is 8. The van der Waals surface area contributed by atoms with Crippen LogP contribution >= 0.6 is 0 Å². The number of carbonyl (C=O) groups excluding carboxylic acids is 1. The Morgan fingerprint density at radius 2 is 0.789 bits per heavy atom. The van der Waals surface area contributed by atoms with Gasteiger partial charge in [0.05, 0.1) is 25.4 Å². The monoisotopic (exact) mass is 1010 g/mol. The molecule has 1 aliphatic heterocycles. The fourth-order valence-electron chi connectivity index (χ4n) is 10.1. The van der Waals surface area contributed by atoms with Crippen molar-refractivity contribution in [3.05, 3.63) is 24.3 Å². The molecule has 0 bridgehead atoms. The van der Waals surface area contributed by atoms with E-state index in [-0.39, 0.29) is 12.5 Å². The zero-order chi connectivity index (χ0) is 51.5.